The first-order valence-corrected chi connectivity index (χ1v) is 9.89. The molecule has 0 spiro atoms. The van der Waals surface area contributed by atoms with Gasteiger partial charge in [0.25, 0.3) is 0 Å². The molecule has 0 aromatic carbocycles. The number of carbonyl (C=O) groups excluding carboxylic acids is 1. The Morgan fingerprint density at radius 1 is 1.28 bits per heavy atom. The maximum Gasteiger partial charge on any atom is 0.325 e. The molecule has 150 valence electrons. The highest BCUT2D eigenvalue weighted by Crippen LogP contribution is 2.38. The lowest BCUT2D eigenvalue weighted by molar-refractivity contribution is -0.143. The lowest BCUT2D eigenvalue weighted by Gasteiger charge is -2.28. The van der Waals surface area contributed by atoms with E-state index in [4.69, 9.17) is 21.4 Å². The summed E-state index contributed by atoms with van der Waals surface area (Å²) in [6, 6.07) is 13.2. The van der Waals surface area contributed by atoms with Crippen molar-refractivity contribution in [1.29, 1.82) is 0 Å². The molecule has 8 heteroatoms. The van der Waals surface area contributed by atoms with Crippen LogP contribution in [0.15, 0.2) is 65.5 Å². The van der Waals surface area contributed by atoms with E-state index in [1.165, 1.54) is 0 Å². The molecule has 7 nitrogen and oxygen atoms in total. The normalized spacial score (nSPS) is 18.7. The summed E-state index contributed by atoms with van der Waals surface area (Å²) >= 11 is 5.58. The summed E-state index contributed by atoms with van der Waals surface area (Å²) in [5.41, 5.74) is 1.87. The Balaban J connectivity index is 1.71. The molecule has 1 saturated heterocycles. The minimum absolute atomic E-state index is 0.0691. The number of aromatic nitrogens is 2. The van der Waals surface area contributed by atoms with Gasteiger partial charge in [0.05, 0.1) is 37.2 Å². The number of hydrogen-bond acceptors (Lipinski definition) is 5. The van der Waals surface area contributed by atoms with Crippen LogP contribution < -0.4 is 5.32 Å². The average Bonchev–Trinajstić information content (AvgIpc) is 3.45. The fourth-order valence-electron chi connectivity index (χ4n) is 3.65. The molecule has 1 fully saturated rings. The monoisotopic (exact) mass is 410 g/mol. The van der Waals surface area contributed by atoms with Crippen molar-refractivity contribution in [2.75, 3.05) is 13.2 Å². The average molecular weight is 410 g/mol. The van der Waals surface area contributed by atoms with E-state index in [9.17, 15) is 4.79 Å². The molecule has 0 unspecified atom stereocenters. The van der Waals surface area contributed by atoms with E-state index in [2.05, 4.69) is 14.9 Å². The zero-order chi connectivity index (χ0) is 20.2. The molecule has 0 saturated carbocycles. The van der Waals surface area contributed by atoms with E-state index < -0.39 is 0 Å². The molecule has 1 aliphatic rings. The number of thiocarbonyl (C=S) groups is 1. The maximum absolute atomic E-state index is 12.3. The topological polar surface area (TPSA) is 72.5 Å². The van der Waals surface area contributed by atoms with Crippen LogP contribution in [0, 0.1) is 0 Å². The highest BCUT2D eigenvalue weighted by atomic mass is 32.1. The van der Waals surface area contributed by atoms with Crippen molar-refractivity contribution in [3.63, 3.8) is 0 Å². The van der Waals surface area contributed by atoms with Crippen LogP contribution in [-0.2, 0) is 16.1 Å². The molecule has 1 N–H and O–H groups in total. The van der Waals surface area contributed by atoms with Gasteiger partial charge in [-0.05, 0) is 55.5 Å². The van der Waals surface area contributed by atoms with E-state index in [0.717, 1.165) is 17.1 Å². The lowest BCUT2D eigenvalue weighted by atomic mass is 10.0. The first kappa shape index (κ1) is 19.2. The molecule has 1 aliphatic heterocycles. The number of esters is 1. The third-order valence-corrected chi connectivity index (χ3v) is 5.23. The van der Waals surface area contributed by atoms with Crippen LogP contribution in [0.2, 0.25) is 0 Å². The standard InChI is InChI=1S/C21H22N4O3S/c1-2-27-18(26)14-25-20(19(23-21(25)29)16-8-3-4-10-22-16)17-9-5-11-24(17)13-15-7-6-12-28-15/h3-12,19-20H,2,13-14H2,1H3,(H,23,29)/t19-,20+/m0/s1. The van der Waals surface area contributed by atoms with Gasteiger partial charge >= 0.3 is 5.97 Å². The van der Waals surface area contributed by atoms with Gasteiger partial charge in [0, 0.05) is 18.1 Å². The second kappa shape index (κ2) is 8.48. The summed E-state index contributed by atoms with van der Waals surface area (Å²) in [4.78, 5) is 18.6. The highest BCUT2D eigenvalue weighted by Gasteiger charge is 2.42. The van der Waals surface area contributed by atoms with Crippen molar-refractivity contribution in [1.82, 2.24) is 19.8 Å². The summed E-state index contributed by atoms with van der Waals surface area (Å²) < 4.78 is 12.8. The molecule has 2 atom stereocenters. The van der Waals surface area contributed by atoms with Crippen LogP contribution in [0.5, 0.6) is 0 Å². The summed E-state index contributed by atoms with van der Waals surface area (Å²) in [5.74, 6) is 0.537. The molecule has 4 heterocycles. The molecular weight excluding hydrogens is 388 g/mol. The van der Waals surface area contributed by atoms with Crippen molar-refractivity contribution < 1.29 is 13.9 Å². The molecule has 0 amide bonds. The molecule has 0 radical (unpaired) electrons. The van der Waals surface area contributed by atoms with Gasteiger partial charge in [0.2, 0.25) is 0 Å². The molecule has 0 aliphatic carbocycles. The Hall–Kier alpha value is -3.13. The van der Waals surface area contributed by atoms with Crippen LogP contribution in [0.25, 0.3) is 0 Å². The van der Waals surface area contributed by atoms with Crippen molar-refractivity contribution in [2.45, 2.75) is 25.6 Å². The van der Waals surface area contributed by atoms with Gasteiger partial charge in [-0.3, -0.25) is 9.78 Å². The summed E-state index contributed by atoms with van der Waals surface area (Å²) in [7, 11) is 0. The second-order valence-electron chi connectivity index (χ2n) is 6.70. The Labute approximate surface area is 174 Å². The van der Waals surface area contributed by atoms with Gasteiger partial charge in [-0.25, -0.2) is 0 Å². The smallest absolute Gasteiger partial charge is 0.325 e. The van der Waals surface area contributed by atoms with Gasteiger partial charge in [0.1, 0.15) is 12.3 Å². The van der Waals surface area contributed by atoms with Crippen molar-refractivity contribution in [3.05, 3.63) is 78.3 Å². The van der Waals surface area contributed by atoms with E-state index in [1.54, 1.807) is 19.4 Å². The quantitative estimate of drug-likeness (QED) is 0.474. The number of nitrogens with one attached hydrogen (secondary N) is 1. The largest absolute Gasteiger partial charge is 0.467 e. The summed E-state index contributed by atoms with van der Waals surface area (Å²) in [6.45, 7) is 2.78. The molecule has 29 heavy (non-hydrogen) atoms. The van der Waals surface area contributed by atoms with Gasteiger partial charge in [-0.15, -0.1) is 0 Å². The number of hydrogen-bond donors (Lipinski definition) is 1. The summed E-state index contributed by atoms with van der Waals surface area (Å²) in [6.07, 6.45) is 5.42. The first-order valence-electron chi connectivity index (χ1n) is 9.48. The van der Waals surface area contributed by atoms with Crippen LogP contribution >= 0.6 is 12.2 Å². The van der Waals surface area contributed by atoms with Crippen molar-refractivity contribution >= 4 is 23.3 Å². The molecule has 3 aromatic rings. The lowest BCUT2D eigenvalue weighted by Crippen LogP contribution is -2.36. The molecule has 3 aromatic heterocycles. The summed E-state index contributed by atoms with van der Waals surface area (Å²) in [5, 5.41) is 3.85. The van der Waals surface area contributed by atoms with E-state index in [-0.39, 0.29) is 24.6 Å². The molecular formula is C21H22N4O3S. The number of carbonyl (C=O) groups is 1. The van der Waals surface area contributed by atoms with Crippen LogP contribution in [0.3, 0.4) is 0 Å². The number of ether oxygens (including phenoxy) is 1. The minimum atomic E-state index is -0.313. The van der Waals surface area contributed by atoms with Crippen LogP contribution in [0.1, 0.15) is 36.2 Å². The zero-order valence-electron chi connectivity index (χ0n) is 16.0. The minimum Gasteiger partial charge on any atom is -0.467 e. The predicted octanol–water partition coefficient (Wildman–Crippen LogP) is 3.06. The van der Waals surface area contributed by atoms with Crippen LogP contribution in [0.4, 0.5) is 0 Å². The van der Waals surface area contributed by atoms with Gasteiger partial charge in [-0.2, -0.15) is 0 Å². The number of rotatable bonds is 7. The molecule has 4 rings (SSSR count). The fraction of sp³-hybridized carbons (Fsp3) is 0.286. The van der Waals surface area contributed by atoms with Gasteiger partial charge < -0.3 is 23.9 Å². The third kappa shape index (κ3) is 4.02. The Bertz CT molecular complexity index is 971. The van der Waals surface area contributed by atoms with Gasteiger partial charge in [-0.1, -0.05) is 6.07 Å². The zero-order valence-corrected chi connectivity index (χ0v) is 16.8. The molecule has 0 bridgehead atoms. The number of pyridine rings is 1. The Morgan fingerprint density at radius 3 is 2.90 bits per heavy atom. The second-order valence-corrected chi connectivity index (χ2v) is 7.09. The van der Waals surface area contributed by atoms with Crippen molar-refractivity contribution in [3.8, 4) is 0 Å². The fourth-order valence-corrected chi connectivity index (χ4v) is 3.96. The van der Waals surface area contributed by atoms with Gasteiger partial charge in [0.15, 0.2) is 5.11 Å². The first-order chi connectivity index (χ1) is 14.2. The number of nitrogens with zero attached hydrogens (tertiary/aromatic N) is 3. The predicted molar refractivity (Wildman–Crippen MR) is 111 cm³/mol. The van der Waals surface area contributed by atoms with E-state index >= 15 is 0 Å². The highest BCUT2D eigenvalue weighted by molar-refractivity contribution is 7.80. The SMILES string of the molecule is CCOC(=O)CN1C(=S)N[C@@H](c2ccccn2)[C@H]1c1cccn1Cc1ccco1. The van der Waals surface area contributed by atoms with Crippen molar-refractivity contribution in [2.24, 2.45) is 0 Å². The Kier molecular flexibility index (Phi) is 5.62. The third-order valence-electron chi connectivity index (χ3n) is 4.88. The van der Waals surface area contributed by atoms with Crippen LogP contribution in [-0.4, -0.2) is 38.7 Å². The Morgan fingerprint density at radius 2 is 2.17 bits per heavy atom. The number of furan rings is 1. The van der Waals surface area contributed by atoms with E-state index in [1.807, 2.05) is 53.6 Å². The maximum atomic E-state index is 12.3. The van der Waals surface area contributed by atoms with E-state index in [0.29, 0.717) is 18.3 Å².